The molecule has 0 radical (unpaired) electrons. The fourth-order valence-electron chi connectivity index (χ4n) is 2.59. The molecule has 0 aliphatic heterocycles. The van der Waals surface area contributed by atoms with Gasteiger partial charge in [0.2, 0.25) is 11.8 Å². The first kappa shape index (κ1) is 24.3. The van der Waals surface area contributed by atoms with Gasteiger partial charge in [0.05, 0.1) is 20.0 Å². The van der Waals surface area contributed by atoms with Gasteiger partial charge in [0, 0.05) is 18.3 Å². The Morgan fingerprint density at radius 2 is 1.88 bits per heavy atom. The molecule has 172 valence electrons. The second-order valence-corrected chi connectivity index (χ2v) is 6.58. The van der Waals surface area contributed by atoms with Crippen LogP contribution in [-0.2, 0) is 36.9 Å². The maximum absolute atomic E-state index is 12.6. The summed E-state index contributed by atoms with van der Waals surface area (Å²) in [5, 5.41) is 16.4. The summed E-state index contributed by atoms with van der Waals surface area (Å²) in [7, 11) is 1.11. The number of alkyl carbamates (subject to hydrolysis) is 1. The Morgan fingerprint density at radius 1 is 1.12 bits per heavy atom. The van der Waals surface area contributed by atoms with Crippen LogP contribution < -0.4 is 16.0 Å². The van der Waals surface area contributed by atoms with Crippen LogP contribution in [0.2, 0.25) is 0 Å². The van der Waals surface area contributed by atoms with E-state index in [0.717, 1.165) is 12.7 Å². The average Bonchev–Trinajstić information content (AvgIpc) is 3.32. The molecule has 2 atom stereocenters. The van der Waals surface area contributed by atoms with Crippen molar-refractivity contribution in [3.8, 4) is 0 Å². The number of carbonyl (C=O) groups excluding carboxylic acids is 4. The molecule has 1 aromatic carbocycles. The van der Waals surface area contributed by atoms with E-state index in [1.807, 2.05) is 6.07 Å². The molecule has 1 aromatic heterocycles. The molecule has 12 nitrogen and oxygen atoms in total. The Bertz CT molecular complexity index is 889. The molecule has 0 saturated heterocycles. The second kappa shape index (κ2) is 12.7. The number of amides is 3. The molecule has 2 aromatic rings. The third kappa shape index (κ3) is 8.07. The SMILES string of the molecule is COC(=O)[C@@H](CO)NC(=O)[C@H](Cc1cnc[nH]1)NC(=O)CNC(=O)OCc1ccccc1. The van der Waals surface area contributed by atoms with Gasteiger partial charge in [0.15, 0.2) is 6.04 Å². The molecule has 0 aliphatic rings. The minimum atomic E-state index is -1.29. The van der Waals surface area contributed by atoms with Gasteiger partial charge in [0.1, 0.15) is 19.2 Å². The lowest BCUT2D eigenvalue weighted by Crippen LogP contribution is -2.55. The summed E-state index contributed by atoms with van der Waals surface area (Å²) in [6.45, 7) is -1.09. The van der Waals surface area contributed by atoms with Crippen LogP contribution in [0.3, 0.4) is 0 Å². The van der Waals surface area contributed by atoms with Gasteiger partial charge in [-0.1, -0.05) is 30.3 Å². The van der Waals surface area contributed by atoms with Crippen LogP contribution in [0, 0.1) is 0 Å². The molecule has 0 spiro atoms. The number of H-pyrrole nitrogens is 1. The first-order valence-corrected chi connectivity index (χ1v) is 9.63. The Labute approximate surface area is 183 Å². The lowest BCUT2D eigenvalue weighted by Gasteiger charge is -2.21. The molecule has 0 aliphatic carbocycles. The molecule has 12 heteroatoms. The summed E-state index contributed by atoms with van der Waals surface area (Å²) in [4.78, 5) is 55.0. The van der Waals surface area contributed by atoms with Gasteiger partial charge >= 0.3 is 12.1 Å². The topological polar surface area (TPSA) is 172 Å². The summed E-state index contributed by atoms with van der Waals surface area (Å²) >= 11 is 0. The number of hydrogen-bond acceptors (Lipinski definition) is 8. The summed E-state index contributed by atoms with van der Waals surface area (Å²) < 4.78 is 9.53. The van der Waals surface area contributed by atoms with Gasteiger partial charge in [0.25, 0.3) is 0 Å². The molecule has 0 fully saturated rings. The molecule has 5 N–H and O–H groups in total. The Balaban J connectivity index is 1.89. The van der Waals surface area contributed by atoms with Crippen LogP contribution in [0.25, 0.3) is 0 Å². The summed E-state index contributed by atoms with van der Waals surface area (Å²) in [5.74, 6) is -2.24. The van der Waals surface area contributed by atoms with Crippen molar-refractivity contribution in [2.75, 3.05) is 20.3 Å². The average molecular weight is 447 g/mol. The molecule has 2 rings (SSSR count). The molecular weight excluding hydrogens is 422 g/mol. The zero-order valence-electron chi connectivity index (χ0n) is 17.4. The Kier molecular flexibility index (Phi) is 9.66. The van der Waals surface area contributed by atoms with Crippen molar-refractivity contribution in [3.63, 3.8) is 0 Å². The van der Waals surface area contributed by atoms with Crippen LogP contribution in [0.4, 0.5) is 4.79 Å². The molecular formula is C20H25N5O7. The third-order valence-corrected chi connectivity index (χ3v) is 4.22. The van der Waals surface area contributed by atoms with Crippen molar-refractivity contribution in [1.29, 1.82) is 0 Å². The molecule has 32 heavy (non-hydrogen) atoms. The standard InChI is InChI=1S/C20H25N5O7/c1-31-19(29)16(10-26)25-18(28)15(7-14-8-21-12-23-14)24-17(27)9-22-20(30)32-11-13-5-3-2-4-6-13/h2-6,8,12,15-16,26H,7,9-11H2,1H3,(H,21,23)(H,22,30)(H,24,27)(H,25,28)/t15-,16+/m0/s1. The monoisotopic (exact) mass is 447 g/mol. The number of benzene rings is 1. The summed E-state index contributed by atoms with van der Waals surface area (Å²) in [5.41, 5.74) is 1.33. The number of rotatable bonds is 11. The zero-order chi connectivity index (χ0) is 23.3. The van der Waals surface area contributed by atoms with E-state index in [-0.39, 0.29) is 13.0 Å². The first-order chi connectivity index (χ1) is 15.4. The highest BCUT2D eigenvalue weighted by molar-refractivity contribution is 5.92. The van der Waals surface area contributed by atoms with E-state index in [0.29, 0.717) is 5.69 Å². The number of ether oxygens (including phenoxy) is 2. The van der Waals surface area contributed by atoms with Crippen molar-refractivity contribution in [3.05, 3.63) is 54.1 Å². The van der Waals surface area contributed by atoms with Crippen LogP contribution in [0.5, 0.6) is 0 Å². The van der Waals surface area contributed by atoms with Crippen LogP contribution >= 0.6 is 0 Å². The lowest BCUT2D eigenvalue weighted by molar-refractivity contribution is -0.146. The minimum Gasteiger partial charge on any atom is -0.467 e. The normalized spacial score (nSPS) is 12.2. The first-order valence-electron chi connectivity index (χ1n) is 9.63. The van der Waals surface area contributed by atoms with Gasteiger partial charge in [-0.05, 0) is 5.56 Å². The minimum absolute atomic E-state index is 0.0232. The van der Waals surface area contributed by atoms with E-state index in [1.165, 1.54) is 12.5 Å². The van der Waals surface area contributed by atoms with Gasteiger partial charge in [-0.25, -0.2) is 14.6 Å². The number of nitrogens with zero attached hydrogens (tertiary/aromatic N) is 1. The fourth-order valence-corrected chi connectivity index (χ4v) is 2.59. The Morgan fingerprint density at radius 3 is 2.50 bits per heavy atom. The molecule has 0 saturated carbocycles. The number of methoxy groups -OCH3 is 1. The van der Waals surface area contributed by atoms with Crippen LogP contribution in [-0.4, -0.2) is 71.3 Å². The van der Waals surface area contributed by atoms with Crippen molar-refractivity contribution in [2.24, 2.45) is 0 Å². The maximum Gasteiger partial charge on any atom is 0.407 e. The quantitative estimate of drug-likeness (QED) is 0.273. The number of carbonyl (C=O) groups is 4. The van der Waals surface area contributed by atoms with Gasteiger partial charge < -0.3 is 35.5 Å². The third-order valence-electron chi connectivity index (χ3n) is 4.22. The zero-order valence-corrected chi connectivity index (χ0v) is 17.4. The predicted octanol–water partition coefficient (Wildman–Crippen LogP) is -0.986. The number of aliphatic hydroxyl groups is 1. The number of imidazole rings is 1. The smallest absolute Gasteiger partial charge is 0.407 e. The summed E-state index contributed by atoms with van der Waals surface area (Å²) in [6.07, 6.45) is 2.09. The molecule has 0 unspecified atom stereocenters. The number of esters is 1. The maximum atomic E-state index is 12.6. The largest absolute Gasteiger partial charge is 0.467 e. The number of aromatic nitrogens is 2. The Hall–Kier alpha value is -3.93. The highest BCUT2D eigenvalue weighted by Crippen LogP contribution is 2.02. The lowest BCUT2D eigenvalue weighted by atomic mass is 10.1. The fraction of sp³-hybridized carbons (Fsp3) is 0.350. The van der Waals surface area contributed by atoms with Crippen LogP contribution in [0.1, 0.15) is 11.3 Å². The number of nitrogens with one attached hydrogen (secondary N) is 4. The van der Waals surface area contributed by atoms with Gasteiger partial charge in [-0.15, -0.1) is 0 Å². The molecule has 1 heterocycles. The van der Waals surface area contributed by atoms with E-state index in [4.69, 9.17) is 4.74 Å². The van der Waals surface area contributed by atoms with Gasteiger partial charge in [-0.2, -0.15) is 0 Å². The highest BCUT2D eigenvalue weighted by Gasteiger charge is 2.27. The van der Waals surface area contributed by atoms with Crippen molar-refractivity contribution in [1.82, 2.24) is 25.9 Å². The van der Waals surface area contributed by atoms with Crippen molar-refractivity contribution >= 4 is 23.9 Å². The number of hydrogen-bond donors (Lipinski definition) is 5. The van der Waals surface area contributed by atoms with Crippen LogP contribution in [0.15, 0.2) is 42.9 Å². The van der Waals surface area contributed by atoms with E-state index in [2.05, 4.69) is 30.7 Å². The van der Waals surface area contributed by atoms with E-state index in [9.17, 15) is 24.3 Å². The number of aromatic amines is 1. The van der Waals surface area contributed by atoms with Gasteiger partial charge in [-0.3, -0.25) is 9.59 Å². The van der Waals surface area contributed by atoms with E-state index >= 15 is 0 Å². The number of aliphatic hydroxyl groups excluding tert-OH is 1. The predicted molar refractivity (Wildman–Crippen MR) is 110 cm³/mol. The summed E-state index contributed by atoms with van der Waals surface area (Å²) in [6, 6.07) is 6.59. The highest BCUT2D eigenvalue weighted by atomic mass is 16.5. The van der Waals surface area contributed by atoms with E-state index < -0.39 is 49.1 Å². The molecule has 0 bridgehead atoms. The van der Waals surface area contributed by atoms with Crippen molar-refractivity contribution < 1.29 is 33.8 Å². The second-order valence-electron chi connectivity index (χ2n) is 6.58. The van der Waals surface area contributed by atoms with E-state index in [1.54, 1.807) is 24.3 Å². The van der Waals surface area contributed by atoms with Crippen molar-refractivity contribution in [2.45, 2.75) is 25.1 Å². The molecule has 3 amide bonds.